The molecule has 0 radical (unpaired) electrons. The van der Waals surface area contributed by atoms with Crippen molar-refractivity contribution >= 4 is 22.7 Å². The largest absolute Gasteiger partial charge is 0.293 e. The van der Waals surface area contributed by atoms with E-state index in [0.717, 1.165) is 17.3 Å². The second-order valence-corrected chi connectivity index (χ2v) is 6.37. The number of rotatable bonds is 5. The van der Waals surface area contributed by atoms with Gasteiger partial charge in [-0.3, -0.25) is 9.59 Å². The van der Waals surface area contributed by atoms with Gasteiger partial charge in [0.15, 0.2) is 5.78 Å². The number of hydrogen-bond acceptors (Lipinski definition) is 3. The van der Waals surface area contributed by atoms with E-state index in [0.29, 0.717) is 11.1 Å². The maximum absolute atomic E-state index is 12.9. The van der Waals surface area contributed by atoms with E-state index in [1.165, 1.54) is 0 Å². The molecule has 2 nitrogen and oxygen atoms in total. The quantitative estimate of drug-likeness (QED) is 0.603. The van der Waals surface area contributed by atoms with Crippen LogP contribution in [0.1, 0.15) is 31.5 Å². The van der Waals surface area contributed by atoms with Crippen LogP contribution in [0.2, 0.25) is 0 Å². The molecule has 0 saturated carbocycles. The fourth-order valence-corrected chi connectivity index (χ4v) is 3.43. The van der Waals surface area contributed by atoms with Crippen LogP contribution in [-0.4, -0.2) is 10.9 Å². The number of hydrogen-bond donors (Lipinski definition) is 0. The first kappa shape index (κ1) is 16.2. The Bertz CT molecular complexity index is 814. The molecule has 3 heteroatoms. The topological polar surface area (TPSA) is 34.1 Å². The third kappa shape index (κ3) is 3.81. The van der Waals surface area contributed by atoms with Crippen LogP contribution in [0.15, 0.2) is 91.0 Å². The molecule has 0 aromatic heterocycles. The average Bonchev–Trinajstić information content (AvgIpc) is 2.67. The summed E-state index contributed by atoms with van der Waals surface area (Å²) in [4.78, 5) is 25.5. The van der Waals surface area contributed by atoms with Gasteiger partial charge in [0.2, 0.25) is 5.12 Å². The predicted octanol–water partition coefficient (Wildman–Crippen LogP) is 5.18. The molecule has 1 unspecified atom stereocenters. The van der Waals surface area contributed by atoms with Crippen molar-refractivity contribution in [3.63, 3.8) is 0 Å². The van der Waals surface area contributed by atoms with E-state index < -0.39 is 5.25 Å². The smallest absolute Gasteiger partial charge is 0.220 e. The number of ketones is 1. The van der Waals surface area contributed by atoms with E-state index in [2.05, 4.69) is 0 Å². The summed E-state index contributed by atoms with van der Waals surface area (Å²) in [5.41, 5.74) is 2.05. The third-order valence-corrected chi connectivity index (χ3v) is 4.80. The summed E-state index contributed by atoms with van der Waals surface area (Å²) in [6.45, 7) is 0. The summed E-state index contributed by atoms with van der Waals surface area (Å²) < 4.78 is 0. The molecule has 0 heterocycles. The molecule has 0 spiro atoms. The summed E-state index contributed by atoms with van der Waals surface area (Å²) in [6.07, 6.45) is 0. The standard InChI is InChI=1S/C21H16O2S/c22-19(16-10-4-1-5-11-16)20(17-12-6-2-7-13-17)24-21(23)18-14-8-3-9-15-18/h1-15,20H. The van der Waals surface area contributed by atoms with Crippen LogP contribution in [-0.2, 0) is 0 Å². The zero-order valence-electron chi connectivity index (χ0n) is 13.0. The third-order valence-electron chi connectivity index (χ3n) is 3.63. The summed E-state index contributed by atoms with van der Waals surface area (Å²) in [5, 5.41) is -0.657. The Morgan fingerprint density at radius 2 is 1.08 bits per heavy atom. The van der Waals surface area contributed by atoms with E-state index in [1.807, 2.05) is 66.7 Å². The van der Waals surface area contributed by atoms with Crippen molar-refractivity contribution in [3.05, 3.63) is 108 Å². The molecule has 3 aromatic carbocycles. The minimum Gasteiger partial charge on any atom is -0.293 e. The van der Waals surface area contributed by atoms with Gasteiger partial charge in [0.1, 0.15) is 5.25 Å². The Morgan fingerprint density at radius 3 is 1.62 bits per heavy atom. The average molecular weight is 332 g/mol. The second-order valence-electron chi connectivity index (χ2n) is 5.29. The Hall–Kier alpha value is -2.65. The van der Waals surface area contributed by atoms with Gasteiger partial charge in [-0.1, -0.05) is 103 Å². The molecule has 3 aromatic rings. The minimum absolute atomic E-state index is 0.0592. The van der Waals surface area contributed by atoms with Gasteiger partial charge in [-0.05, 0) is 5.56 Å². The zero-order chi connectivity index (χ0) is 16.8. The van der Waals surface area contributed by atoms with Crippen molar-refractivity contribution in [3.8, 4) is 0 Å². The first-order valence-electron chi connectivity index (χ1n) is 7.66. The maximum atomic E-state index is 12.9. The zero-order valence-corrected chi connectivity index (χ0v) is 13.8. The lowest BCUT2D eigenvalue weighted by Gasteiger charge is -2.15. The Labute approximate surface area is 145 Å². The molecule has 0 fully saturated rings. The molecule has 0 bridgehead atoms. The molecule has 3 rings (SSSR count). The highest BCUT2D eigenvalue weighted by atomic mass is 32.2. The molecule has 0 amide bonds. The van der Waals surface area contributed by atoms with Gasteiger partial charge in [-0.2, -0.15) is 0 Å². The number of benzene rings is 3. The minimum atomic E-state index is -0.554. The molecule has 1 atom stereocenters. The first-order valence-corrected chi connectivity index (χ1v) is 8.54. The SMILES string of the molecule is O=C(SC(C(=O)c1ccccc1)c1ccccc1)c1ccccc1. The highest BCUT2D eigenvalue weighted by Gasteiger charge is 2.26. The summed E-state index contributed by atoms with van der Waals surface area (Å²) >= 11 is 1.07. The predicted molar refractivity (Wildman–Crippen MR) is 98.3 cm³/mol. The second kappa shape index (κ2) is 7.75. The molecule has 0 aliphatic carbocycles. The summed E-state index contributed by atoms with van der Waals surface area (Å²) in [6, 6.07) is 27.6. The van der Waals surface area contributed by atoms with E-state index in [-0.39, 0.29) is 10.9 Å². The van der Waals surface area contributed by atoms with Gasteiger partial charge >= 0.3 is 0 Å². The van der Waals surface area contributed by atoms with Crippen LogP contribution >= 0.6 is 11.8 Å². The van der Waals surface area contributed by atoms with Crippen molar-refractivity contribution in [2.75, 3.05) is 0 Å². The van der Waals surface area contributed by atoms with E-state index in [9.17, 15) is 9.59 Å². The van der Waals surface area contributed by atoms with Crippen LogP contribution in [0.3, 0.4) is 0 Å². The van der Waals surface area contributed by atoms with E-state index in [1.54, 1.807) is 24.3 Å². The van der Waals surface area contributed by atoms with Gasteiger partial charge in [0, 0.05) is 11.1 Å². The van der Waals surface area contributed by atoms with Gasteiger partial charge in [0.05, 0.1) is 0 Å². The van der Waals surface area contributed by atoms with Crippen molar-refractivity contribution in [1.29, 1.82) is 0 Å². The number of Topliss-reactive ketones (excluding diaryl/α,β-unsaturated/α-hetero) is 1. The molecule has 0 N–H and O–H groups in total. The normalized spacial score (nSPS) is 11.7. The highest BCUT2D eigenvalue weighted by Crippen LogP contribution is 2.34. The lowest BCUT2D eigenvalue weighted by molar-refractivity contribution is 0.0983. The van der Waals surface area contributed by atoms with Crippen molar-refractivity contribution < 1.29 is 9.59 Å². The maximum Gasteiger partial charge on any atom is 0.220 e. The molecule has 118 valence electrons. The Morgan fingerprint density at radius 1 is 0.625 bits per heavy atom. The molecule has 0 aliphatic rings. The van der Waals surface area contributed by atoms with Gasteiger partial charge in [-0.15, -0.1) is 0 Å². The fraction of sp³-hybridized carbons (Fsp3) is 0.0476. The van der Waals surface area contributed by atoms with E-state index in [4.69, 9.17) is 0 Å². The van der Waals surface area contributed by atoms with Crippen molar-refractivity contribution in [2.24, 2.45) is 0 Å². The van der Waals surface area contributed by atoms with Crippen molar-refractivity contribution in [2.45, 2.75) is 5.25 Å². The van der Waals surface area contributed by atoms with Crippen molar-refractivity contribution in [1.82, 2.24) is 0 Å². The van der Waals surface area contributed by atoms with Crippen LogP contribution < -0.4 is 0 Å². The fourth-order valence-electron chi connectivity index (χ4n) is 2.40. The summed E-state index contributed by atoms with van der Waals surface area (Å²) in [7, 11) is 0. The lowest BCUT2D eigenvalue weighted by Crippen LogP contribution is -2.12. The van der Waals surface area contributed by atoms with E-state index >= 15 is 0 Å². The highest BCUT2D eigenvalue weighted by molar-refractivity contribution is 8.14. The van der Waals surface area contributed by atoms with Crippen LogP contribution in [0.4, 0.5) is 0 Å². The Balaban J connectivity index is 1.91. The number of thioether (sulfide) groups is 1. The van der Waals surface area contributed by atoms with Gasteiger partial charge < -0.3 is 0 Å². The number of carbonyl (C=O) groups is 2. The number of carbonyl (C=O) groups excluding carboxylic acids is 2. The molecular formula is C21H16O2S. The van der Waals surface area contributed by atoms with Crippen LogP contribution in [0.5, 0.6) is 0 Å². The monoisotopic (exact) mass is 332 g/mol. The summed E-state index contributed by atoms with van der Waals surface area (Å²) in [5.74, 6) is -0.0592. The molecule has 24 heavy (non-hydrogen) atoms. The van der Waals surface area contributed by atoms with Gasteiger partial charge in [-0.25, -0.2) is 0 Å². The molecule has 0 aliphatic heterocycles. The van der Waals surface area contributed by atoms with Crippen LogP contribution in [0.25, 0.3) is 0 Å². The van der Waals surface area contributed by atoms with Gasteiger partial charge in [0.25, 0.3) is 0 Å². The lowest BCUT2D eigenvalue weighted by atomic mass is 10.0. The molecular weight excluding hydrogens is 316 g/mol. The first-order chi connectivity index (χ1) is 11.8. The van der Waals surface area contributed by atoms with Crippen LogP contribution in [0, 0.1) is 0 Å². The molecule has 0 saturated heterocycles. The Kier molecular flexibility index (Phi) is 5.24.